The van der Waals surface area contributed by atoms with Gasteiger partial charge in [0, 0.05) is 32.3 Å². The van der Waals surface area contributed by atoms with Crippen molar-refractivity contribution in [1.82, 2.24) is 15.5 Å². The van der Waals surface area contributed by atoms with E-state index in [1.165, 1.54) is 6.42 Å². The highest BCUT2D eigenvalue weighted by Crippen LogP contribution is 2.10. The second kappa shape index (κ2) is 8.97. The molecule has 5 nitrogen and oxygen atoms in total. The summed E-state index contributed by atoms with van der Waals surface area (Å²) in [6.45, 7) is 6.99. The van der Waals surface area contributed by atoms with Crippen molar-refractivity contribution in [2.75, 3.05) is 40.8 Å². The monoisotopic (exact) mass is 384 g/mol. The Kier molecular flexibility index (Phi) is 8.93. The van der Waals surface area contributed by atoms with E-state index in [1.807, 2.05) is 0 Å². The molecule has 1 saturated heterocycles. The first-order valence-corrected chi connectivity index (χ1v) is 6.69. The highest BCUT2D eigenvalue weighted by atomic mass is 127. The van der Waals surface area contributed by atoms with Crippen LogP contribution in [0.1, 0.15) is 26.7 Å². The summed E-state index contributed by atoms with van der Waals surface area (Å²) in [6, 6.07) is 0. The minimum atomic E-state index is 0. The molecule has 1 unspecified atom stereocenters. The second-order valence-corrected chi connectivity index (χ2v) is 5.65. The number of aliphatic imine (C=N–C) groups is 1. The minimum Gasteiger partial charge on any atom is -0.376 e. The van der Waals surface area contributed by atoms with Crippen LogP contribution >= 0.6 is 24.0 Å². The number of hydrogen-bond acceptors (Lipinski definition) is 3. The highest BCUT2D eigenvalue weighted by molar-refractivity contribution is 14.0. The molecule has 0 aliphatic carbocycles. The summed E-state index contributed by atoms with van der Waals surface area (Å²) in [7, 11) is 5.97. The van der Waals surface area contributed by atoms with Gasteiger partial charge in [0.2, 0.25) is 0 Å². The predicted octanol–water partition coefficient (Wildman–Crippen LogP) is 1.29. The molecule has 0 aromatic heterocycles. The zero-order chi connectivity index (χ0) is 13.6. The van der Waals surface area contributed by atoms with Gasteiger partial charge in [-0.05, 0) is 40.8 Å². The van der Waals surface area contributed by atoms with Crippen LogP contribution in [0.5, 0.6) is 0 Å². The summed E-state index contributed by atoms with van der Waals surface area (Å²) in [6.07, 6.45) is 2.66. The van der Waals surface area contributed by atoms with Gasteiger partial charge in [-0.15, -0.1) is 24.0 Å². The SMILES string of the molecule is CN=C(NCC1CCCO1)NCC(C)(C)N(C)C.I. The molecule has 19 heavy (non-hydrogen) atoms. The van der Waals surface area contributed by atoms with Gasteiger partial charge in [-0.1, -0.05) is 0 Å². The van der Waals surface area contributed by atoms with Crippen molar-refractivity contribution in [2.45, 2.75) is 38.3 Å². The topological polar surface area (TPSA) is 48.9 Å². The van der Waals surface area contributed by atoms with Crippen LogP contribution in [0.2, 0.25) is 0 Å². The van der Waals surface area contributed by atoms with Crippen LogP contribution in [0.25, 0.3) is 0 Å². The Morgan fingerprint density at radius 1 is 1.37 bits per heavy atom. The Morgan fingerprint density at radius 2 is 2.05 bits per heavy atom. The fraction of sp³-hybridized carbons (Fsp3) is 0.923. The molecule has 2 N–H and O–H groups in total. The summed E-state index contributed by atoms with van der Waals surface area (Å²) < 4.78 is 5.58. The standard InChI is InChI=1S/C13H28N4O.HI/c1-13(2,17(4)5)10-16-12(14-3)15-9-11-7-6-8-18-11;/h11H,6-10H2,1-5H3,(H2,14,15,16);1H. The molecule has 0 saturated carbocycles. The average Bonchev–Trinajstić information content (AvgIpc) is 2.82. The lowest BCUT2D eigenvalue weighted by molar-refractivity contribution is 0.113. The number of likely N-dealkylation sites (N-methyl/N-ethyl adjacent to an activating group) is 1. The molecule has 1 heterocycles. The molecule has 1 aliphatic heterocycles. The van der Waals surface area contributed by atoms with E-state index in [9.17, 15) is 0 Å². The first kappa shape index (κ1) is 18.9. The number of guanidine groups is 1. The van der Waals surface area contributed by atoms with Gasteiger partial charge in [0.25, 0.3) is 0 Å². The van der Waals surface area contributed by atoms with E-state index in [0.717, 1.165) is 32.1 Å². The van der Waals surface area contributed by atoms with E-state index < -0.39 is 0 Å². The van der Waals surface area contributed by atoms with Gasteiger partial charge < -0.3 is 20.3 Å². The zero-order valence-electron chi connectivity index (χ0n) is 12.8. The summed E-state index contributed by atoms with van der Waals surface area (Å²) >= 11 is 0. The first-order valence-electron chi connectivity index (χ1n) is 6.69. The van der Waals surface area contributed by atoms with Crippen LogP contribution in [0.3, 0.4) is 0 Å². The molecular weight excluding hydrogens is 355 g/mol. The lowest BCUT2D eigenvalue weighted by atomic mass is 10.0. The van der Waals surface area contributed by atoms with Gasteiger partial charge in [-0.25, -0.2) is 0 Å². The van der Waals surface area contributed by atoms with Crippen LogP contribution in [0, 0.1) is 0 Å². The van der Waals surface area contributed by atoms with Crippen LogP contribution in [0.15, 0.2) is 4.99 Å². The molecule has 0 aromatic rings. The molecule has 1 aliphatic rings. The molecule has 0 bridgehead atoms. The average molecular weight is 384 g/mol. The molecule has 0 spiro atoms. The Balaban J connectivity index is 0.00000324. The van der Waals surface area contributed by atoms with Gasteiger partial charge >= 0.3 is 0 Å². The zero-order valence-corrected chi connectivity index (χ0v) is 15.2. The van der Waals surface area contributed by atoms with Gasteiger partial charge in [-0.3, -0.25) is 4.99 Å². The van der Waals surface area contributed by atoms with Crippen LogP contribution in [-0.4, -0.2) is 63.3 Å². The van der Waals surface area contributed by atoms with Crippen molar-refractivity contribution in [3.63, 3.8) is 0 Å². The Bertz CT molecular complexity index is 276. The quantitative estimate of drug-likeness (QED) is 0.426. The normalized spacial score (nSPS) is 20.3. The Hall–Kier alpha value is -0.0800. The summed E-state index contributed by atoms with van der Waals surface area (Å²) in [5.41, 5.74) is 0.0987. The molecular formula is C13H29IN4O. The van der Waals surface area contributed by atoms with Crippen LogP contribution < -0.4 is 10.6 Å². The maximum atomic E-state index is 5.58. The maximum Gasteiger partial charge on any atom is 0.191 e. The smallest absolute Gasteiger partial charge is 0.191 e. The van der Waals surface area contributed by atoms with E-state index in [2.05, 4.69) is 48.5 Å². The number of ether oxygens (including phenoxy) is 1. The predicted molar refractivity (Wildman–Crippen MR) is 91.5 cm³/mol. The highest BCUT2D eigenvalue weighted by Gasteiger charge is 2.21. The molecule has 6 heteroatoms. The lowest BCUT2D eigenvalue weighted by Gasteiger charge is -2.33. The van der Waals surface area contributed by atoms with Crippen LogP contribution in [0.4, 0.5) is 0 Å². The Morgan fingerprint density at radius 3 is 2.53 bits per heavy atom. The largest absolute Gasteiger partial charge is 0.376 e. The van der Waals surface area contributed by atoms with Gasteiger partial charge in [0.15, 0.2) is 5.96 Å². The third-order valence-corrected chi connectivity index (χ3v) is 3.64. The van der Waals surface area contributed by atoms with Crippen molar-refractivity contribution in [1.29, 1.82) is 0 Å². The van der Waals surface area contributed by atoms with E-state index in [4.69, 9.17) is 4.74 Å². The van der Waals surface area contributed by atoms with Crippen molar-refractivity contribution in [3.05, 3.63) is 0 Å². The summed E-state index contributed by atoms with van der Waals surface area (Å²) in [5, 5.41) is 6.67. The molecule has 1 atom stereocenters. The molecule has 114 valence electrons. The third-order valence-electron chi connectivity index (χ3n) is 3.64. The fourth-order valence-corrected chi connectivity index (χ4v) is 1.69. The number of rotatable bonds is 5. The summed E-state index contributed by atoms with van der Waals surface area (Å²) in [5.74, 6) is 0.848. The first-order chi connectivity index (χ1) is 8.45. The Labute approximate surface area is 134 Å². The van der Waals surface area contributed by atoms with Gasteiger partial charge in [0.05, 0.1) is 6.10 Å². The number of nitrogens with zero attached hydrogens (tertiary/aromatic N) is 2. The van der Waals surface area contributed by atoms with Crippen molar-refractivity contribution in [2.24, 2.45) is 4.99 Å². The number of nitrogens with one attached hydrogen (secondary N) is 2. The van der Waals surface area contributed by atoms with Gasteiger partial charge in [-0.2, -0.15) is 0 Å². The van der Waals surface area contributed by atoms with Crippen molar-refractivity contribution < 1.29 is 4.74 Å². The lowest BCUT2D eigenvalue weighted by Crippen LogP contribution is -2.51. The molecule has 0 radical (unpaired) electrons. The molecule has 0 aromatic carbocycles. The summed E-state index contributed by atoms with van der Waals surface area (Å²) in [4.78, 5) is 6.43. The second-order valence-electron chi connectivity index (χ2n) is 5.65. The molecule has 1 rings (SSSR count). The van der Waals surface area contributed by atoms with E-state index >= 15 is 0 Å². The van der Waals surface area contributed by atoms with E-state index in [1.54, 1.807) is 7.05 Å². The maximum absolute atomic E-state index is 5.58. The third kappa shape index (κ3) is 6.76. The van der Waals surface area contributed by atoms with Gasteiger partial charge in [0.1, 0.15) is 0 Å². The van der Waals surface area contributed by atoms with E-state index in [-0.39, 0.29) is 29.5 Å². The van der Waals surface area contributed by atoms with Crippen molar-refractivity contribution >= 4 is 29.9 Å². The number of hydrogen-bond donors (Lipinski definition) is 2. The fourth-order valence-electron chi connectivity index (χ4n) is 1.69. The number of halogens is 1. The van der Waals surface area contributed by atoms with Crippen LogP contribution in [-0.2, 0) is 4.74 Å². The molecule has 1 fully saturated rings. The minimum absolute atomic E-state index is 0. The molecule has 0 amide bonds. The van der Waals surface area contributed by atoms with E-state index in [0.29, 0.717) is 6.10 Å². The van der Waals surface area contributed by atoms with Crippen molar-refractivity contribution in [3.8, 4) is 0 Å².